The number of halogens is 1. The molecule has 0 amide bonds. The number of nitrogens with one attached hydrogen (secondary N) is 1. The third-order valence-electron chi connectivity index (χ3n) is 1.66. The lowest BCUT2D eigenvalue weighted by Crippen LogP contribution is -2.09. The lowest BCUT2D eigenvalue weighted by molar-refractivity contribution is 0.685. The van der Waals surface area contributed by atoms with Gasteiger partial charge in [0.05, 0.1) is 4.47 Å². The van der Waals surface area contributed by atoms with Gasteiger partial charge in [0.15, 0.2) is 0 Å². The lowest BCUT2D eigenvalue weighted by atomic mass is 10.4. The van der Waals surface area contributed by atoms with Gasteiger partial charge in [0.2, 0.25) is 5.95 Å². The molecule has 0 bridgehead atoms. The number of nitrogens with two attached hydrogens (primary N) is 1. The van der Waals surface area contributed by atoms with Gasteiger partial charge in [-0.15, -0.1) is 0 Å². The van der Waals surface area contributed by atoms with E-state index in [1.54, 1.807) is 12.5 Å². The molecule has 0 aliphatic heterocycles. The van der Waals surface area contributed by atoms with Crippen LogP contribution >= 0.6 is 15.9 Å². The smallest absolute Gasteiger partial charge is 0.221 e. The summed E-state index contributed by atoms with van der Waals surface area (Å²) >= 11 is 3.31. The highest BCUT2D eigenvalue weighted by Gasteiger charge is 2.02. The van der Waals surface area contributed by atoms with Crippen molar-refractivity contribution in [2.75, 3.05) is 29.6 Å². The first kappa shape index (κ1) is 12.4. The first-order valence-electron chi connectivity index (χ1n) is 4.41. The van der Waals surface area contributed by atoms with Gasteiger partial charge in [-0.3, -0.25) is 4.21 Å². The van der Waals surface area contributed by atoms with Crippen LogP contribution in [0.15, 0.2) is 10.7 Å². The number of rotatable bonds is 5. The van der Waals surface area contributed by atoms with Crippen LogP contribution in [0.3, 0.4) is 0 Å². The van der Waals surface area contributed by atoms with Gasteiger partial charge in [-0.05, 0) is 22.4 Å². The maximum absolute atomic E-state index is 10.8. The average Bonchev–Trinajstić information content (AvgIpc) is 2.17. The summed E-state index contributed by atoms with van der Waals surface area (Å²) in [6, 6.07) is 0. The van der Waals surface area contributed by atoms with Crippen molar-refractivity contribution in [1.82, 2.24) is 9.97 Å². The molecule has 1 heterocycles. The van der Waals surface area contributed by atoms with E-state index >= 15 is 0 Å². The number of aromatic nitrogens is 2. The summed E-state index contributed by atoms with van der Waals surface area (Å²) in [4.78, 5) is 7.85. The largest absolute Gasteiger partial charge is 0.369 e. The number of anilines is 2. The van der Waals surface area contributed by atoms with Gasteiger partial charge in [0, 0.05) is 35.5 Å². The predicted octanol–water partition coefficient (Wildman–Crippen LogP) is 1.00. The van der Waals surface area contributed by atoms with Crippen molar-refractivity contribution in [2.45, 2.75) is 6.42 Å². The molecule has 0 aromatic carbocycles. The van der Waals surface area contributed by atoms with Crippen LogP contribution in [0, 0.1) is 0 Å². The minimum atomic E-state index is -0.742. The Hall–Kier alpha value is -0.690. The molecule has 7 heteroatoms. The standard InChI is InChI=1S/C8H13BrN4OS/c1-15(14)4-2-3-11-7-6(9)5-12-8(10)13-7/h5H,2-4H2,1H3,(H3,10,11,12,13). The van der Waals surface area contributed by atoms with Gasteiger partial charge in [-0.25, -0.2) is 4.98 Å². The van der Waals surface area contributed by atoms with Gasteiger partial charge < -0.3 is 11.1 Å². The maximum atomic E-state index is 10.8. The topological polar surface area (TPSA) is 80.9 Å². The second-order valence-electron chi connectivity index (χ2n) is 2.98. The van der Waals surface area contributed by atoms with Crippen LogP contribution in [0.4, 0.5) is 11.8 Å². The molecular weight excluding hydrogens is 280 g/mol. The second-order valence-corrected chi connectivity index (χ2v) is 5.39. The number of nitrogen functional groups attached to an aromatic ring is 1. The fourth-order valence-corrected chi connectivity index (χ4v) is 1.87. The highest BCUT2D eigenvalue weighted by atomic mass is 79.9. The van der Waals surface area contributed by atoms with E-state index in [0.29, 0.717) is 18.1 Å². The number of hydrogen-bond acceptors (Lipinski definition) is 5. The van der Waals surface area contributed by atoms with Crippen LogP contribution in [-0.2, 0) is 10.8 Å². The maximum Gasteiger partial charge on any atom is 0.221 e. The molecule has 84 valence electrons. The molecule has 0 radical (unpaired) electrons. The van der Waals surface area contributed by atoms with Crippen molar-refractivity contribution in [1.29, 1.82) is 0 Å². The van der Waals surface area contributed by atoms with Gasteiger partial charge in [0.25, 0.3) is 0 Å². The summed E-state index contributed by atoms with van der Waals surface area (Å²) in [7, 11) is -0.742. The van der Waals surface area contributed by atoms with E-state index in [2.05, 4.69) is 31.2 Å². The molecule has 0 aliphatic rings. The Morgan fingerprint density at radius 3 is 3.07 bits per heavy atom. The van der Waals surface area contributed by atoms with E-state index < -0.39 is 10.8 Å². The van der Waals surface area contributed by atoms with E-state index in [-0.39, 0.29) is 5.95 Å². The second kappa shape index (κ2) is 6.02. The Morgan fingerprint density at radius 2 is 2.40 bits per heavy atom. The van der Waals surface area contributed by atoms with Crippen molar-refractivity contribution < 1.29 is 4.21 Å². The Kier molecular flexibility index (Phi) is 4.97. The van der Waals surface area contributed by atoms with Gasteiger partial charge >= 0.3 is 0 Å². The van der Waals surface area contributed by atoms with Crippen LogP contribution in [0.5, 0.6) is 0 Å². The average molecular weight is 293 g/mol. The zero-order chi connectivity index (χ0) is 11.3. The van der Waals surface area contributed by atoms with Crippen molar-refractivity contribution >= 4 is 38.5 Å². The van der Waals surface area contributed by atoms with E-state index in [1.807, 2.05) is 0 Å². The highest BCUT2D eigenvalue weighted by molar-refractivity contribution is 9.10. The lowest BCUT2D eigenvalue weighted by Gasteiger charge is -2.06. The number of nitrogens with zero attached hydrogens (tertiary/aromatic N) is 2. The Balaban J connectivity index is 2.43. The Bertz CT molecular complexity index is 360. The van der Waals surface area contributed by atoms with Crippen LogP contribution in [0.25, 0.3) is 0 Å². The van der Waals surface area contributed by atoms with Crippen molar-refractivity contribution in [3.63, 3.8) is 0 Å². The molecule has 0 fully saturated rings. The molecule has 1 aromatic rings. The minimum Gasteiger partial charge on any atom is -0.369 e. The van der Waals surface area contributed by atoms with Crippen molar-refractivity contribution in [2.24, 2.45) is 0 Å². The molecule has 3 N–H and O–H groups in total. The molecule has 0 saturated carbocycles. The third kappa shape index (κ3) is 4.57. The van der Waals surface area contributed by atoms with Gasteiger partial charge in [0.1, 0.15) is 5.82 Å². The number of hydrogen-bond donors (Lipinski definition) is 2. The molecule has 1 unspecified atom stereocenters. The van der Waals surface area contributed by atoms with Crippen LogP contribution in [0.1, 0.15) is 6.42 Å². The summed E-state index contributed by atoms with van der Waals surface area (Å²) in [6.07, 6.45) is 4.13. The van der Waals surface area contributed by atoms with E-state index in [1.165, 1.54) is 0 Å². The first-order chi connectivity index (χ1) is 7.09. The molecule has 5 nitrogen and oxygen atoms in total. The summed E-state index contributed by atoms with van der Waals surface area (Å²) in [6.45, 7) is 0.717. The summed E-state index contributed by atoms with van der Waals surface area (Å²) in [5.41, 5.74) is 5.45. The van der Waals surface area contributed by atoms with Crippen molar-refractivity contribution in [3.8, 4) is 0 Å². The zero-order valence-corrected chi connectivity index (χ0v) is 10.8. The van der Waals surface area contributed by atoms with Gasteiger partial charge in [-0.1, -0.05) is 0 Å². The molecular formula is C8H13BrN4OS. The van der Waals surface area contributed by atoms with Gasteiger partial charge in [-0.2, -0.15) is 4.98 Å². The Labute approximate surface area is 99.5 Å². The fourth-order valence-electron chi connectivity index (χ4n) is 0.987. The van der Waals surface area contributed by atoms with E-state index in [9.17, 15) is 4.21 Å². The molecule has 1 rings (SSSR count). The SMILES string of the molecule is CS(=O)CCCNc1nc(N)ncc1Br. The third-order valence-corrected chi connectivity index (χ3v) is 3.11. The predicted molar refractivity (Wildman–Crippen MR) is 66.2 cm³/mol. The minimum absolute atomic E-state index is 0.236. The van der Waals surface area contributed by atoms with Crippen molar-refractivity contribution in [3.05, 3.63) is 10.7 Å². The van der Waals surface area contributed by atoms with Crippen LogP contribution in [0.2, 0.25) is 0 Å². The highest BCUT2D eigenvalue weighted by Crippen LogP contribution is 2.18. The molecule has 0 saturated heterocycles. The molecule has 1 atom stereocenters. The van der Waals surface area contributed by atoms with Crippen LogP contribution in [-0.4, -0.2) is 32.7 Å². The molecule has 1 aromatic heterocycles. The molecule has 0 spiro atoms. The molecule has 15 heavy (non-hydrogen) atoms. The monoisotopic (exact) mass is 292 g/mol. The fraction of sp³-hybridized carbons (Fsp3) is 0.500. The summed E-state index contributed by atoms with van der Waals surface area (Å²) in [5, 5.41) is 3.10. The quantitative estimate of drug-likeness (QED) is 0.792. The first-order valence-corrected chi connectivity index (χ1v) is 6.93. The van der Waals surface area contributed by atoms with E-state index in [0.717, 1.165) is 10.9 Å². The normalized spacial score (nSPS) is 12.4. The zero-order valence-electron chi connectivity index (χ0n) is 8.36. The van der Waals surface area contributed by atoms with Crippen LogP contribution < -0.4 is 11.1 Å². The Morgan fingerprint density at radius 1 is 1.67 bits per heavy atom. The summed E-state index contributed by atoms with van der Waals surface area (Å²) in [5.74, 6) is 1.59. The summed E-state index contributed by atoms with van der Waals surface area (Å²) < 4.78 is 11.6. The van der Waals surface area contributed by atoms with E-state index in [4.69, 9.17) is 5.73 Å². The molecule has 0 aliphatic carbocycles.